The number of nitrogens with zero attached hydrogens (tertiary/aromatic N) is 1. The summed E-state index contributed by atoms with van der Waals surface area (Å²) in [6.07, 6.45) is 0. The first-order chi connectivity index (χ1) is 16.7. The van der Waals surface area contributed by atoms with Crippen LogP contribution in [0.2, 0.25) is 0 Å². The summed E-state index contributed by atoms with van der Waals surface area (Å²) in [6, 6.07) is 17.1. The third kappa shape index (κ3) is 4.45. The van der Waals surface area contributed by atoms with Crippen LogP contribution in [0.5, 0.6) is 0 Å². The van der Waals surface area contributed by atoms with Gasteiger partial charge < -0.3 is 14.7 Å². The molecule has 178 valence electrons. The average Bonchev–Trinajstić information content (AvgIpc) is 3.10. The van der Waals surface area contributed by atoms with Crippen LogP contribution in [0.15, 0.2) is 72.3 Å². The van der Waals surface area contributed by atoms with E-state index < -0.39 is 29.5 Å². The number of esters is 1. The maximum absolute atomic E-state index is 13.8. The van der Waals surface area contributed by atoms with E-state index in [9.17, 15) is 23.9 Å². The molecule has 4 rings (SSSR count). The van der Waals surface area contributed by atoms with Crippen LogP contribution >= 0.6 is 0 Å². The van der Waals surface area contributed by atoms with Crippen LogP contribution in [0, 0.1) is 19.7 Å². The van der Waals surface area contributed by atoms with Crippen molar-refractivity contribution in [2.75, 3.05) is 7.11 Å². The van der Waals surface area contributed by atoms with Crippen molar-refractivity contribution in [3.05, 3.63) is 112 Å². The first-order valence-corrected chi connectivity index (χ1v) is 11.0. The molecule has 1 aliphatic heterocycles. The fourth-order valence-corrected chi connectivity index (χ4v) is 4.27. The number of Topliss-reactive ketones (excluding diaryl/α,β-unsaturated/α-hetero) is 1. The lowest BCUT2D eigenvalue weighted by atomic mass is 9.92. The second-order valence-electron chi connectivity index (χ2n) is 8.44. The highest BCUT2D eigenvalue weighted by atomic mass is 19.1. The molecule has 35 heavy (non-hydrogen) atoms. The highest BCUT2D eigenvalue weighted by molar-refractivity contribution is 6.46. The molecule has 3 aromatic carbocycles. The van der Waals surface area contributed by atoms with Crippen molar-refractivity contribution in [2.24, 2.45) is 0 Å². The zero-order valence-corrected chi connectivity index (χ0v) is 19.5. The normalized spacial score (nSPS) is 17.0. The largest absolute Gasteiger partial charge is 0.507 e. The molecule has 1 amide bonds. The molecular weight excluding hydrogens is 449 g/mol. The Morgan fingerprint density at radius 2 is 1.63 bits per heavy atom. The van der Waals surface area contributed by atoms with Gasteiger partial charge in [0.15, 0.2) is 0 Å². The van der Waals surface area contributed by atoms with Crippen molar-refractivity contribution < 1.29 is 28.6 Å². The van der Waals surface area contributed by atoms with E-state index in [1.807, 2.05) is 25.1 Å². The smallest absolute Gasteiger partial charge is 0.337 e. The molecule has 0 radical (unpaired) electrons. The predicted octanol–water partition coefficient (Wildman–Crippen LogP) is 4.85. The van der Waals surface area contributed by atoms with Gasteiger partial charge in [0.1, 0.15) is 11.6 Å². The van der Waals surface area contributed by atoms with Gasteiger partial charge in [-0.2, -0.15) is 0 Å². The molecule has 0 bridgehead atoms. The van der Waals surface area contributed by atoms with Gasteiger partial charge in [0.05, 0.1) is 24.3 Å². The van der Waals surface area contributed by atoms with Gasteiger partial charge in [0.2, 0.25) is 0 Å². The third-order valence-electron chi connectivity index (χ3n) is 6.18. The van der Waals surface area contributed by atoms with Crippen molar-refractivity contribution in [1.82, 2.24) is 4.90 Å². The van der Waals surface area contributed by atoms with Gasteiger partial charge in [0.25, 0.3) is 11.7 Å². The number of ketones is 1. The number of amides is 1. The SMILES string of the molecule is COC(=O)c1ccc(CN2C(=O)C(=O)/C(=C(/O)c3ccc(F)c(C)c3)C2c2ccccc2C)cc1. The van der Waals surface area contributed by atoms with Crippen LogP contribution in [-0.2, 0) is 20.9 Å². The Morgan fingerprint density at radius 1 is 0.971 bits per heavy atom. The second kappa shape index (κ2) is 9.54. The standard InChI is InChI=1S/C28H24FNO5/c1-16-6-4-5-7-21(16)24-23(25(31)20-12-13-22(29)17(2)14-20)26(32)27(33)30(24)15-18-8-10-19(11-9-18)28(34)35-3/h4-14,24,31H,15H2,1-3H3/b25-23+. The zero-order chi connectivity index (χ0) is 25.3. The summed E-state index contributed by atoms with van der Waals surface area (Å²) < 4.78 is 18.5. The van der Waals surface area contributed by atoms with Gasteiger partial charge in [-0.1, -0.05) is 36.4 Å². The molecule has 1 fully saturated rings. The van der Waals surface area contributed by atoms with E-state index in [2.05, 4.69) is 0 Å². The first kappa shape index (κ1) is 23.9. The monoisotopic (exact) mass is 473 g/mol. The lowest BCUT2D eigenvalue weighted by molar-refractivity contribution is -0.140. The number of carbonyl (C=O) groups excluding carboxylic acids is 3. The second-order valence-corrected chi connectivity index (χ2v) is 8.44. The van der Waals surface area contributed by atoms with Gasteiger partial charge in [0, 0.05) is 12.1 Å². The zero-order valence-electron chi connectivity index (χ0n) is 19.5. The molecule has 1 unspecified atom stereocenters. The first-order valence-electron chi connectivity index (χ1n) is 11.0. The summed E-state index contributed by atoms with van der Waals surface area (Å²) in [7, 11) is 1.29. The van der Waals surface area contributed by atoms with Crippen LogP contribution in [0.25, 0.3) is 5.76 Å². The Kier molecular flexibility index (Phi) is 6.51. The van der Waals surface area contributed by atoms with Crippen molar-refractivity contribution in [2.45, 2.75) is 26.4 Å². The number of ether oxygens (including phenoxy) is 1. The predicted molar refractivity (Wildman–Crippen MR) is 128 cm³/mol. The van der Waals surface area contributed by atoms with E-state index in [1.165, 1.54) is 30.2 Å². The Balaban J connectivity index is 1.82. The number of carbonyl (C=O) groups is 3. The number of aryl methyl sites for hydroxylation is 2. The Hall–Kier alpha value is -4.26. The number of methoxy groups -OCH3 is 1. The van der Waals surface area contributed by atoms with E-state index >= 15 is 0 Å². The minimum Gasteiger partial charge on any atom is -0.507 e. The molecule has 1 saturated heterocycles. The summed E-state index contributed by atoms with van der Waals surface area (Å²) in [5.41, 5.74) is 3.09. The third-order valence-corrected chi connectivity index (χ3v) is 6.18. The molecule has 6 nitrogen and oxygen atoms in total. The van der Waals surface area contributed by atoms with Gasteiger partial charge in [-0.15, -0.1) is 0 Å². The maximum atomic E-state index is 13.8. The van der Waals surface area contributed by atoms with Crippen molar-refractivity contribution in [1.29, 1.82) is 0 Å². The van der Waals surface area contributed by atoms with Gasteiger partial charge in [-0.05, 0) is 66.4 Å². The molecule has 0 spiro atoms. The van der Waals surface area contributed by atoms with Crippen LogP contribution < -0.4 is 0 Å². The fraction of sp³-hybridized carbons (Fsp3) is 0.179. The van der Waals surface area contributed by atoms with Crippen molar-refractivity contribution >= 4 is 23.4 Å². The number of likely N-dealkylation sites (tertiary alicyclic amines) is 1. The van der Waals surface area contributed by atoms with Crippen molar-refractivity contribution in [3.63, 3.8) is 0 Å². The number of hydrogen-bond acceptors (Lipinski definition) is 5. The molecule has 0 aliphatic carbocycles. The molecule has 1 aliphatic rings. The van der Waals surface area contributed by atoms with E-state index in [-0.39, 0.29) is 23.4 Å². The number of rotatable bonds is 5. The Bertz CT molecular complexity index is 1360. The van der Waals surface area contributed by atoms with E-state index in [0.29, 0.717) is 22.3 Å². The van der Waals surface area contributed by atoms with Crippen molar-refractivity contribution in [3.8, 4) is 0 Å². The summed E-state index contributed by atoms with van der Waals surface area (Å²) >= 11 is 0. The molecule has 3 aromatic rings. The Labute approximate surface area is 202 Å². The lowest BCUT2D eigenvalue weighted by Gasteiger charge is -2.26. The lowest BCUT2D eigenvalue weighted by Crippen LogP contribution is -2.29. The summed E-state index contributed by atoms with van der Waals surface area (Å²) in [4.78, 5) is 39.5. The molecule has 1 heterocycles. The molecular formula is C28H24FNO5. The summed E-state index contributed by atoms with van der Waals surface area (Å²) in [5, 5.41) is 11.2. The number of aliphatic hydroxyl groups is 1. The summed E-state index contributed by atoms with van der Waals surface area (Å²) in [6.45, 7) is 3.49. The van der Waals surface area contributed by atoms with E-state index in [0.717, 1.165) is 5.56 Å². The maximum Gasteiger partial charge on any atom is 0.337 e. The highest BCUT2D eigenvalue weighted by Crippen LogP contribution is 2.41. The van der Waals surface area contributed by atoms with Crippen LogP contribution in [0.4, 0.5) is 4.39 Å². The topological polar surface area (TPSA) is 83.9 Å². The minimum absolute atomic E-state index is 0.0542. The molecule has 0 aromatic heterocycles. The average molecular weight is 474 g/mol. The highest BCUT2D eigenvalue weighted by Gasteiger charge is 2.46. The minimum atomic E-state index is -0.846. The van der Waals surface area contributed by atoms with Gasteiger partial charge in [-0.25, -0.2) is 9.18 Å². The number of halogens is 1. The molecule has 7 heteroatoms. The quantitative estimate of drug-likeness (QED) is 0.248. The summed E-state index contributed by atoms with van der Waals surface area (Å²) in [5.74, 6) is -2.85. The number of benzene rings is 3. The number of hydrogen-bond donors (Lipinski definition) is 1. The number of aliphatic hydroxyl groups excluding tert-OH is 1. The fourth-order valence-electron chi connectivity index (χ4n) is 4.27. The van der Waals surface area contributed by atoms with E-state index in [1.54, 1.807) is 37.3 Å². The molecule has 0 saturated carbocycles. The van der Waals surface area contributed by atoms with Gasteiger partial charge >= 0.3 is 5.97 Å². The van der Waals surface area contributed by atoms with E-state index in [4.69, 9.17) is 4.74 Å². The molecule has 1 N–H and O–H groups in total. The Morgan fingerprint density at radius 3 is 2.26 bits per heavy atom. The van der Waals surface area contributed by atoms with Crippen LogP contribution in [-0.4, -0.2) is 34.8 Å². The molecule has 1 atom stereocenters. The van der Waals surface area contributed by atoms with Gasteiger partial charge in [-0.3, -0.25) is 9.59 Å². The van der Waals surface area contributed by atoms with Crippen LogP contribution in [0.3, 0.4) is 0 Å². The van der Waals surface area contributed by atoms with Crippen LogP contribution in [0.1, 0.15) is 44.2 Å².